The average molecular weight is 219 g/mol. The van der Waals surface area contributed by atoms with Gasteiger partial charge < -0.3 is 0 Å². The number of fused-ring (bicyclic) bond motifs is 1. The maximum atomic E-state index is 6.15. The summed E-state index contributed by atoms with van der Waals surface area (Å²) < 4.78 is 2.06. The van der Waals surface area contributed by atoms with Crippen LogP contribution in [0.1, 0.15) is 17.8 Å². The van der Waals surface area contributed by atoms with E-state index in [1.165, 1.54) is 17.8 Å². The maximum Gasteiger partial charge on any atom is 0.207 e. The van der Waals surface area contributed by atoms with Gasteiger partial charge in [0.25, 0.3) is 0 Å². The summed E-state index contributed by atoms with van der Waals surface area (Å²) in [5.41, 5.74) is 3.56. The van der Waals surface area contributed by atoms with Crippen molar-refractivity contribution < 1.29 is 0 Å². The molecule has 0 saturated carbocycles. The summed E-state index contributed by atoms with van der Waals surface area (Å²) in [6.45, 7) is 0. The first kappa shape index (κ1) is 8.98. The van der Waals surface area contributed by atoms with Crippen LogP contribution in [0.2, 0.25) is 5.28 Å². The number of benzene rings is 1. The summed E-state index contributed by atoms with van der Waals surface area (Å²) in [5.74, 6) is 0. The van der Waals surface area contributed by atoms with Gasteiger partial charge in [-0.25, -0.2) is 4.98 Å². The largest absolute Gasteiger partial charge is 0.287 e. The van der Waals surface area contributed by atoms with Crippen molar-refractivity contribution in [3.8, 4) is 5.69 Å². The molecule has 0 saturated heterocycles. The van der Waals surface area contributed by atoms with Crippen LogP contribution < -0.4 is 0 Å². The molecule has 1 aliphatic rings. The number of rotatable bonds is 1. The number of imidazole rings is 1. The Morgan fingerprint density at radius 2 is 1.93 bits per heavy atom. The minimum absolute atomic E-state index is 0.589. The van der Waals surface area contributed by atoms with E-state index in [1.807, 2.05) is 18.2 Å². The molecule has 0 radical (unpaired) electrons. The summed E-state index contributed by atoms with van der Waals surface area (Å²) in [7, 11) is 0. The fraction of sp³-hybridized carbons (Fsp3) is 0.250. The predicted octanol–water partition coefficient (Wildman–Crippen LogP) is 3.01. The summed E-state index contributed by atoms with van der Waals surface area (Å²) in [4.78, 5) is 4.40. The SMILES string of the molecule is Clc1nc2c(n1-c1ccccc1)CCC2. The third-order valence-corrected chi connectivity index (χ3v) is 3.11. The van der Waals surface area contributed by atoms with Gasteiger partial charge in [0.1, 0.15) is 0 Å². The first-order valence-corrected chi connectivity index (χ1v) is 5.55. The lowest BCUT2D eigenvalue weighted by Crippen LogP contribution is -1.98. The van der Waals surface area contributed by atoms with Crippen LogP contribution in [0.3, 0.4) is 0 Å². The van der Waals surface area contributed by atoms with Crippen molar-refractivity contribution in [1.29, 1.82) is 0 Å². The molecule has 0 spiro atoms. The number of halogens is 1. The van der Waals surface area contributed by atoms with E-state index in [9.17, 15) is 0 Å². The van der Waals surface area contributed by atoms with Gasteiger partial charge in [-0.3, -0.25) is 4.57 Å². The zero-order chi connectivity index (χ0) is 10.3. The molecule has 1 heterocycles. The molecular weight excluding hydrogens is 208 g/mol. The molecule has 0 fully saturated rings. The molecule has 2 nitrogen and oxygen atoms in total. The van der Waals surface area contributed by atoms with Crippen molar-refractivity contribution >= 4 is 11.6 Å². The van der Waals surface area contributed by atoms with Gasteiger partial charge in [-0.15, -0.1) is 0 Å². The van der Waals surface area contributed by atoms with Crippen molar-refractivity contribution in [2.45, 2.75) is 19.3 Å². The Kier molecular flexibility index (Phi) is 2.03. The molecule has 0 bridgehead atoms. The smallest absolute Gasteiger partial charge is 0.207 e. The standard InChI is InChI=1S/C12H11ClN2/c13-12-14-10-7-4-8-11(10)15(12)9-5-2-1-3-6-9/h1-3,5-6H,4,7-8H2. The van der Waals surface area contributed by atoms with Gasteiger partial charge in [0.2, 0.25) is 5.28 Å². The maximum absolute atomic E-state index is 6.15. The summed E-state index contributed by atoms with van der Waals surface area (Å²) in [5, 5.41) is 0.589. The van der Waals surface area contributed by atoms with Crippen molar-refractivity contribution in [3.63, 3.8) is 0 Å². The quantitative estimate of drug-likeness (QED) is 0.720. The van der Waals surface area contributed by atoms with Crippen LogP contribution in [0.5, 0.6) is 0 Å². The highest BCUT2D eigenvalue weighted by molar-refractivity contribution is 6.28. The number of hydrogen-bond acceptors (Lipinski definition) is 1. The second kappa shape index (κ2) is 3.38. The number of aryl methyl sites for hydroxylation is 1. The third-order valence-electron chi connectivity index (χ3n) is 2.86. The molecule has 2 aromatic rings. The molecule has 15 heavy (non-hydrogen) atoms. The van der Waals surface area contributed by atoms with E-state index in [0.29, 0.717) is 5.28 Å². The molecule has 0 aliphatic heterocycles. The number of para-hydroxylation sites is 1. The molecule has 0 N–H and O–H groups in total. The highest BCUT2D eigenvalue weighted by Gasteiger charge is 2.21. The van der Waals surface area contributed by atoms with E-state index in [4.69, 9.17) is 11.6 Å². The first-order valence-electron chi connectivity index (χ1n) is 5.17. The van der Waals surface area contributed by atoms with E-state index < -0.39 is 0 Å². The molecule has 0 unspecified atom stereocenters. The Morgan fingerprint density at radius 3 is 2.73 bits per heavy atom. The monoisotopic (exact) mass is 218 g/mol. The number of nitrogens with zero attached hydrogens (tertiary/aromatic N) is 2. The molecule has 3 heteroatoms. The van der Waals surface area contributed by atoms with Gasteiger partial charge >= 0.3 is 0 Å². The molecule has 0 amide bonds. The molecule has 76 valence electrons. The highest BCUT2D eigenvalue weighted by Crippen LogP contribution is 2.28. The van der Waals surface area contributed by atoms with Crippen molar-refractivity contribution in [1.82, 2.24) is 9.55 Å². The molecular formula is C12H11ClN2. The average Bonchev–Trinajstić information content (AvgIpc) is 2.78. The van der Waals surface area contributed by atoms with E-state index in [-0.39, 0.29) is 0 Å². The van der Waals surface area contributed by atoms with E-state index in [0.717, 1.165) is 18.5 Å². The van der Waals surface area contributed by atoms with E-state index >= 15 is 0 Å². The third kappa shape index (κ3) is 1.37. The second-order valence-corrected chi connectivity index (χ2v) is 4.14. The first-order chi connectivity index (χ1) is 7.36. The fourth-order valence-electron chi connectivity index (χ4n) is 2.19. The van der Waals surface area contributed by atoms with Gasteiger partial charge in [-0.1, -0.05) is 18.2 Å². The van der Waals surface area contributed by atoms with Gasteiger partial charge in [0.15, 0.2) is 0 Å². The number of hydrogen-bond donors (Lipinski definition) is 0. The molecule has 1 aromatic heterocycles. The molecule has 1 aromatic carbocycles. The lowest BCUT2D eigenvalue weighted by molar-refractivity contribution is 0.845. The molecule has 0 atom stereocenters. The summed E-state index contributed by atoms with van der Waals surface area (Å²) in [6.07, 6.45) is 3.35. The van der Waals surface area contributed by atoms with Crippen LogP contribution >= 0.6 is 11.6 Å². The zero-order valence-electron chi connectivity index (χ0n) is 8.28. The van der Waals surface area contributed by atoms with Crippen LogP contribution in [0.25, 0.3) is 5.69 Å². The Balaban J connectivity index is 2.20. The van der Waals surface area contributed by atoms with Gasteiger partial charge in [-0.05, 0) is 43.0 Å². The highest BCUT2D eigenvalue weighted by atomic mass is 35.5. The summed E-state index contributed by atoms with van der Waals surface area (Å²) in [6, 6.07) is 10.2. The van der Waals surface area contributed by atoms with Crippen molar-refractivity contribution in [2.24, 2.45) is 0 Å². The van der Waals surface area contributed by atoms with Crippen LogP contribution in [-0.2, 0) is 12.8 Å². The van der Waals surface area contributed by atoms with Gasteiger partial charge in [0.05, 0.1) is 5.69 Å². The minimum atomic E-state index is 0.589. The predicted molar refractivity (Wildman–Crippen MR) is 60.6 cm³/mol. The Bertz CT molecular complexity index is 488. The molecule has 3 rings (SSSR count). The van der Waals surface area contributed by atoms with Crippen LogP contribution in [0, 0.1) is 0 Å². The lowest BCUT2D eigenvalue weighted by Gasteiger charge is -2.06. The van der Waals surface area contributed by atoms with Gasteiger partial charge in [-0.2, -0.15) is 0 Å². The van der Waals surface area contributed by atoms with Crippen LogP contribution in [0.15, 0.2) is 30.3 Å². The number of aromatic nitrogens is 2. The van der Waals surface area contributed by atoms with E-state index in [1.54, 1.807) is 0 Å². The molecule has 1 aliphatic carbocycles. The van der Waals surface area contributed by atoms with Crippen LogP contribution in [0.4, 0.5) is 0 Å². The second-order valence-electron chi connectivity index (χ2n) is 3.80. The Hall–Kier alpha value is -1.28. The van der Waals surface area contributed by atoms with Gasteiger partial charge in [0, 0.05) is 11.4 Å². The van der Waals surface area contributed by atoms with Crippen LogP contribution in [-0.4, -0.2) is 9.55 Å². The van der Waals surface area contributed by atoms with Crippen molar-refractivity contribution in [3.05, 3.63) is 47.0 Å². The van der Waals surface area contributed by atoms with Crippen molar-refractivity contribution in [2.75, 3.05) is 0 Å². The topological polar surface area (TPSA) is 17.8 Å². The lowest BCUT2D eigenvalue weighted by atomic mass is 10.3. The Labute approximate surface area is 93.5 Å². The summed E-state index contributed by atoms with van der Waals surface area (Å²) >= 11 is 6.15. The minimum Gasteiger partial charge on any atom is -0.287 e. The normalized spacial score (nSPS) is 14.2. The Morgan fingerprint density at radius 1 is 1.13 bits per heavy atom. The zero-order valence-corrected chi connectivity index (χ0v) is 9.04. The fourth-order valence-corrected chi connectivity index (χ4v) is 2.49. The van der Waals surface area contributed by atoms with E-state index in [2.05, 4.69) is 21.7 Å².